The summed E-state index contributed by atoms with van der Waals surface area (Å²) >= 11 is 0. The smallest absolute Gasteiger partial charge is 0.379 e. The summed E-state index contributed by atoms with van der Waals surface area (Å²) in [6.45, 7) is 5.34. The molecule has 38 heavy (non-hydrogen) atoms. The van der Waals surface area contributed by atoms with Gasteiger partial charge in [-0.05, 0) is 51.2 Å². The number of anilines is 2. The maximum atomic E-state index is 13.1. The van der Waals surface area contributed by atoms with Gasteiger partial charge < -0.3 is 15.4 Å². The van der Waals surface area contributed by atoms with Crippen molar-refractivity contribution in [3.05, 3.63) is 23.9 Å². The van der Waals surface area contributed by atoms with E-state index < -0.39 is 12.7 Å². The molecule has 2 bridgehead atoms. The number of hydrazine groups is 1. The number of hydrogen-bond donors (Lipinski definition) is 4. The molecule has 9 nitrogen and oxygen atoms in total. The van der Waals surface area contributed by atoms with Gasteiger partial charge in [0.2, 0.25) is 0 Å². The van der Waals surface area contributed by atoms with Crippen molar-refractivity contribution in [2.24, 2.45) is 0 Å². The Morgan fingerprint density at radius 1 is 1.03 bits per heavy atom. The van der Waals surface area contributed by atoms with Crippen LogP contribution in [-0.2, 0) is 11.3 Å². The normalized spacial score (nSPS) is 30.7. The summed E-state index contributed by atoms with van der Waals surface area (Å²) in [6, 6.07) is 6.44. The number of hydrogen-bond acceptors (Lipinski definition) is 9. The van der Waals surface area contributed by atoms with E-state index in [4.69, 9.17) is 14.7 Å². The van der Waals surface area contributed by atoms with Crippen LogP contribution in [0.15, 0.2) is 18.2 Å². The molecular formula is C26H37F3N8O. The Labute approximate surface area is 220 Å². The van der Waals surface area contributed by atoms with E-state index in [1.165, 1.54) is 0 Å². The highest BCUT2D eigenvalue weighted by atomic mass is 19.4. The highest BCUT2D eigenvalue weighted by molar-refractivity contribution is 5.91. The molecule has 0 aliphatic carbocycles. The van der Waals surface area contributed by atoms with Crippen molar-refractivity contribution in [1.82, 2.24) is 30.6 Å². The highest BCUT2D eigenvalue weighted by Crippen LogP contribution is 2.39. The molecular weight excluding hydrogens is 497 g/mol. The van der Waals surface area contributed by atoms with Crippen LogP contribution in [0.1, 0.15) is 44.7 Å². The maximum absolute atomic E-state index is 13.1. The average Bonchev–Trinajstić information content (AvgIpc) is 3.36. The minimum atomic E-state index is -4.16. The predicted molar refractivity (Wildman–Crippen MR) is 140 cm³/mol. The SMILES string of the molecule is CC1CC(Nc2cc3nc(CN4CCOCC4)ccc3c(NC3C[C@H]4CC[C@@H](C3)N4CC(F)(F)F)n2)NN1. The first kappa shape index (κ1) is 26.0. The van der Waals surface area contributed by atoms with Crippen molar-refractivity contribution in [2.45, 2.75) is 82.1 Å². The fourth-order valence-electron chi connectivity index (χ4n) is 6.47. The van der Waals surface area contributed by atoms with E-state index in [1.807, 2.05) is 6.07 Å². The molecule has 6 heterocycles. The molecule has 4 aliphatic rings. The minimum absolute atomic E-state index is 0.0424. The summed E-state index contributed by atoms with van der Waals surface area (Å²) in [5.74, 6) is 1.46. The van der Waals surface area contributed by atoms with Gasteiger partial charge in [-0.2, -0.15) is 13.2 Å². The van der Waals surface area contributed by atoms with Crippen LogP contribution < -0.4 is 21.5 Å². The summed E-state index contributed by atoms with van der Waals surface area (Å²) in [4.78, 5) is 13.9. The second-order valence-electron chi connectivity index (χ2n) is 11.2. The molecule has 2 aromatic rings. The third-order valence-corrected chi connectivity index (χ3v) is 8.23. The first-order chi connectivity index (χ1) is 18.3. The van der Waals surface area contributed by atoms with Crippen LogP contribution in [0.4, 0.5) is 24.8 Å². The van der Waals surface area contributed by atoms with Crippen LogP contribution in [0.25, 0.3) is 10.9 Å². The van der Waals surface area contributed by atoms with Gasteiger partial charge in [0.05, 0.1) is 37.1 Å². The van der Waals surface area contributed by atoms with Crippen molar-refractivity contribution < 1.29 is 17.9 Å². The standard InChI is InChI=1S/C26H37F3N8O/c1-16-10-24(35-34-16)32-23-13-22-21(5-2-17(30-22)14-36-6-8-38-9-7-36)25(33-23)31-18-11-19-3-4-20(12-18)37(19)15-26(27,28)29/h2,5,13,16,18-20,24,34-35H,3-4,6-12,14-15H2,1H3,(H2,31,32,33)/t16?,18?,19-,20+,24?. The molecule has 4 N–H and O–H groups in total. The van der Waals surface area contributed by atoms with Crippen LogP contribution >= 0.6 is 0 Å². The predicted octanol–water partition coefficient (Wildman–Crippen LogP) is 3.06. The maximum Gasteiger partial charge on any atom is 0.401 e. The molecule has 3 unspecified atom stereocenters. The second kappa shape index (κ2) is 10.7. The molecule has 12 heteroatoms. The number of rotatable bonds is 7. The number of pyridine rings is 2. The molecule has 2 aromatic heterocycles. The van der Waals surface area contributed by atoms with Gasteiger partial charge in [-0.3, -0.25) is 20.2 Å². The van der Waals surface area contributed by atoms with Gasteiger partial charge in [0.25, 0.3) is 0 Å². The zero-order valence-electron chi connectivity index (χ0n) is 21.7. The van der Waals surface area contributed by atoms with Crippen molar-refractivity contribution >= 4 is 22.5 Å². The second-order valence-corrected chi connectivity index (χ2v) is 11.2. The molecule has 6 rings (SSSR count). The van der Waals surface area contributed by atoms with Crippen molar-refractivity contribution in [3.8, 4) is 0 Å². The summed E-state index contributed by atoms with van der Waals surface area (Å²) < 4.78 is 44.9. The summed E-state index contributed by atoms with van der Waals surface area (Å²) in [7, 11) is 0. The zero-order valence-corrected chi connectivity index (χ0v) is 21.7. The number of morpholine rings is 1. The molecule has 208 valence electrons. The topological polar surface area (TPSA) is 89.6 Å². The first-order valence-corrected chi connectivity index (χ1v) is 13.8. The van der Waals surface area contributed by atoms with Crippen molar-refractivity contribution in [1.29, 1.82) is 0 Å². The molecule has 4 aliphatic heterocycles. The first-order valence-electron chi connectivity index (χ1n) is 13.8. The Kier molecular flexibility index (Phi) is 7.34. The van der Waals surface area contributed by atoms with E-state index in [2.05, 4.69) is 45.4 Å². The van der Waals surface area contributed by atoms with Crippen LogP contribution in [-0.4, -0.2) is 89.1 Å². The Balaban J connectivity index is 1.24. The van der Waals surface area contributed by atoms with Gasteiger partial charge in [-0.15, -0.1) is 0 Å². The summed E-state index contributed by atoms with van der Waals surface area (Å²) in [5, 5.41) is 8.03. The Hall–Kier alpha value is -2.25. The number of nitrogens with zero attached hydrogens (tertiary/aromatic N) is 4. The number of nitrogens with one attached hydrogen (secondary N) is 4. The zero-order chi connectivity index (χ0) is 26.3. The average molecular weight is 535 g/mol. The number of piperidine rings is 1. The number of alkyl halides is 3. The minimum Gasteiger partial charge on any atom is -0.379 e. The summed E-state index contributed by atoms with van der Waals surface area (Å²) in [6.07, 6.45) is -0.207. The number of fused-ring (bicyclic) bond motifs is 3. The van der Waals surface area contributed by atoms with Crippen LogP contribution in [0.5, 0.6) is 0 Å². The molecule has 0 amide bonds. The molecule has 0 spiro atoms. The largest absolute Gasteiger partial charge is 0.401 e. The monoisotopic (exact) mass is 534 g/mol. The lowest BCUT2D eigenvalue weighted by molar-refractivity contribution is -0.155. The molecule has 4 fully saturated rings. The van der Waals surface area contributed by atoms with Crippen molar-refractivity contribution in [3.63, 3.8) is 0 Å². The van der Waals surface area contributed by atoms with Gasteiger partial charge in [0.15, 0.2) is 0 Å². The van der Waals surface area contributed by atoms with Crippen LogP contribution in [0.2, 0.25) is 0 Å². The Bertz CT molecular complexity index is 1110. The fourth-order valence-corrected chi connectivity index (χ4v) is 6.47. The van der Waals surface area contributed by atoms with Crippen LogP contribution in [0, 0.1) is 0 Å². The van der Waals surface area contributed by atoms with E-state index in [9.17, 15) is 13.2 Å². The molecule has 5 atom stereocenters. The number of halogens is 3. The fraction of sp³-hybridized carbons (Fsp3) is 0.692. The Morgan fingerprint density at radius 3 is 2.47 bits per heavy atom. The third kappa shape index (κ3) is 5.99. The van der Waals surface area contributed by atoms with Crippen molar-refractivity contribution in [2.75, 3.05) is 43.5 Å². The lowest BCUT2D eigenvalue weighted by Gasteiger charge is -2.39. The van der Waals surface area contributed by atoms with E-state index in [1.54, 1.807) is 4.90 Å². The lowest BCUT2D eigenvalue weighted by Crippen LogP contribution is -2.50. The van der Waals surface area contributed by atoms with E-state index in [0.717, 1.165) is 80.3 Å². The highest BCUT2D eigenvalue weighted by Gasteiger charge is 2.45. The van der Waals surface area contributed by atoms with Gasteiger partial charge in [0, 0.05) is 55.3 Å². The summed E-state index contributed by atoms with van der Waals surface area (Å²) in [5.41, 5.74) is 8.33. The van der Waals surface area contributed by atoms with Crippen LogP contribution in [0.3, 0.4) is 0 Å². The third-order valence-electron chi connectivity index (χ3n) is 8.23. The van der Waals surface area contributed by atoms with Gasteiger partial charge in [-0.25, -0.2) is 10.4 Å². The molecule has 0 aromatic carbocycles. The van der Waals surface area contributed by atoms with E-state index in [-0.39, 0.29) is 24.3 Å². The molecule has 0 saturated carbocycles. The Morgan fingerprint density at radius 2 is 1.79 bits per heavy atom. The quantitative estimate of drug-likeness (QED) is 0.428. The van der Waals surface area contributed by atoms with E-state index >= 15 is 0 Å². The lowest BCUT2D eigenvalue weighted by atomic mass is 9.97. The van der Waals surface area contributed by atoms with Gasteiger partial charge >= 0.3 is 6.18 Å². The van der Waals surface area contributed by atoms with Gasteiger partial charge in [-0.1, -0.05) is 0 Å². The van der Waals surface area contributed by atoms with Gasteiger partial charge in [0.1, 0.15) is 11.6 Å². The number of ether oxygens (including phenoxy) is 1. The molecule has 0 radical (unpaired) electrons. The van der Waals surface area contributed by atoms with E-state index in [0.29, 0.717) is 18.9 Å². The number of aromatic nitrogens is 2. The molecule has 4 saturated heterocycles.